The molecule has 0 fully saturated rings. The van der Waals surface area contributed by atoms with Gasteiger partial charge in [0.05, 0.1) is 6.61 Å². The van der Waals surface area contributed by atoms with Crippen molar-refractivity contribution >= 4 is 5.97 Å². The van der Waals surface area contributed by atoms with Crippen LogP contribution >= 0.6 is 0 Å². The summed E-state index contributed by atoms with van der Waals surface area (Å²) in [6, 6.07) is 0. The molecule has 1 aromatic rings. The number of carbonyl (C=O) groups is 1. The Balaban J connectivity index is 3.29. The lowest BCUT2D eigenvalue weighted by Gasteiger charge is -2.32. The first-order chi connectivity index (χ1) is 9.16. The summed E-state index contributed by atoms with van der Waals surface area (Å²) in [5, 5.41) is 56.8. The number of carboxylic acids is 1. The predicted molar refractivity (Wildman–Crippen MR) is 62.6 cm³/mol. The standard InChI is InChI=1S/C11H17NO8/c1-4-8(12-5(2)20-4)11(19,10(17)18)9(16)7(15)6(14)3-13/h6-7,9,13-16,19H,3H2,1-2H3,(H,17,18)/t6-,7-,9+,11-/m1/s1. The van der Waals surface area contributed by atoms with Crippen molar-refractivity contribution in [2.75, 3.05) is 6.61 Å². The van der Waals surface area contributed by atoms with E-state index in [-0.39, 0.29) is 11.7 Å². The second kappa shape index (κ2) is 5.85. The van der Waals surface area contributed by atoms with E-state index in [1.54, 1.807) is 0 Å². The molecule has 9 heteroatoms. The van der Waals surface area contributed by atoms with Gasteiger partial charge in [-0.3, -0.25) is 0 Å². The number of aliphatic hydroxyl groups excluding tert-OH is 4. The molecule has 0 aliphatic rings. The maximum absolute atomic E-state index is 11.3. The van der Waals surface area contributed by atoms with Crippen molar-refractivity contribution in [3.05, 3.63) is 17.3 Å². The van der Waals surface area contributed by atoms with E-state index in [0.29, 0.717) is 0 Å². The second-order valence-electron chi connectivity index (χ2n) is 4.39. The summed E-state index contributed by atoms with van der Waals surface area (Å²) in [6.07, 6.45) is -6.26. The van der Waals surface area contributed by atoms with Gasteiger partial charge in [0.25, 0.3) is 0 Å². The van der Waals surface area contributed by atoms with Crippen LogP contribution in [0.15, 0.2) is 4.42 Å². The minimum absolute atomic E-state index is 0.0570. The Morgan fingerprint density at radius 1 is 1.35 bits per heavy atom. The molecule has 6 N–H and O–H groups in total. The Hall–Kier alpha value is -1.52. The number of aliphatic hydroxyl groups is 5. The number of carboxylic acid groups (broad SMARTS) is 1. The molecule has 1 aromatic heterocycles. The van der Waals surface area contributed by atoms with Crippen molar-refractivity contribution in [2.24, 2.45) is 0 Å². The summed E-state index contributed by atoms with van der Waals surface area (Å²) in [7, 11) is 0. The van der Waals surface area contributed by atoms with Crippen LogP contribution in [0.3, 0.4) is 0 Å². The third-order valence-electron chi connectivity index (χ3n) is 2.92. The highest BCUT2D eigenvalue weighted by atomic mass is 16.4. The molecule has 0 amide bonds. The molecule has 0 aliphatic heterocycles. The fraction of sp³-hybridized carbons (Fsp3) is 0.636. The van der Waals surface area contributed by atoms with Crippen LogP contribution in [0.1, 0.15) is 17.3 Å². The summed E-state index contributed by atoms with van der Waals surface area (Å²) in [5.41, 5.74) is -3.48. The Kier molecular flexibility index (Phi) is 4.84. The van der Waals surface area contributed by atoms with E-state index in [2.05, 4.69) is 4.98 Å². The van der Waals surface area contributed by atoms with Crippen LogP contribution in [0.2, 0.25) is 0 Å². The predicted octanol–water partition coefficient (Wildman–Crippen LogP) is -2.36. The summed E-state index contributed by atoms with van der Waals surface area (Å²) in [5.74, 6) is -1.88. The minimum Gasteiger partial charge on any atom is -0.479 e. The first-order valence-electron chi connectivity index (χ1n) is 5.71. The van der Waals surface area contributed by atoms with Crippen molar-refractivity contribution < 1.29 is 39.9 Å². The van der Waals surface area contributed by atoms with Crippen LogP contribution in [0, 0.1) is 13.8 Å². The van der Waals surface area contributed by atoms with Gasteiger partial charge < -0.3 is 35.1 Å². The monoisotopic (exact) mass is 291 g/mol. The molecule has 0 saturated carbocycles. The van der Waals surface area contributed by atoms with Gasteiger partial charge in [0, 0.05) is 6.92 Å². The maximum atomic E-state index is 11.3. The molecule has 0 radical (unpaired) electrons. The minimum atomic E-state index is -2.99. The van der Waals surface area contributed by atoms with Gasteiger partial charge in [0.1, 0.15) is 29.8 Å². The van der Waals surface area contributed by atoms with Crippen LogP contribution in [-0.2, 0) is 10.4 Å². The van der Waals surface area contributed by atoms with Crippen molar-refractivity contribution in [1.29, 1.82) is 0 Å². The number of oxazole rings is 1. The number of aryl methyl sites for hydroxylation is 2. The van der Waals surface area contributed by atoms with E-state index in [4.69, 9.17) is 14.6 Å². The highest BCUT2D eigenvalue weighted by Crippen LogP contribution is 2.30. The zero-order valence-corrected chi connectivity index (χ0v) is 10.9. The van der Waals surface area contributed by atoms with Crippen molar-refractivity contribution in [2.45, 2.75) is 37.8 Å². The molecule has 114 valence electrons. The van der Waals surface area contributed by atoms with Crippen LogP contribution in [0.25, 0.3) is 0 Å². The number of aliphatic carboxylic acids is 1. The zero-order chi connectivity index (χ0) is 15.7. The van der Waals surface area contributed by atoms with Gasteiger partial charge in [-0.2, -0.15) is 0 Å². The molecule has 4 atom stereocenters. The molecular formula is C11H17NO8. The summed E-state index contributed by atoms with van der Waals surface area (Å²) < 4.78 is 4.99. The second-order valence-corrected chi connectivity index (χ2v) is 4.39. The number of hydrogen-bond acceptors (Lipinski definition) is 8. The maximum Gasteiger partial charge on any atom is 0.345 e. The van der Waals surface area contributed by atoms with E-state index in [1.165, 1.54) is 13.8 Å². The molecule has 0 spiro atoms. The van der Waals surface area contributed by atoms with Gasteiger partial charge in [0.15, 0.2) is 5.89 Å². The molecule has 0 bridgehead atoms. The fourth-order valence-corrected chi connectivity index (χ4v) is 1.82. The van der Waals surface area contributed by atoms with Gasteiger partial charge in [0.2, 0.25) is 5.60 Å². The van der Waals surface area contributed by atoms with E-state index in [9.17, 15) is 25.2 Å². The lowest BCUT2D eigenvalue weighted by Crippen LogP contribution is -2.56. The van der Waals surface area contributed by atoms with Crippen LogP contribution < -0.4 is 0 Å². The topological polar surface area (TPSA) is 164 Å². The molecule has 0 aliphatic carbocycles. The molecular weight excluding hydrogens is 274 g/mol. The highest BCUT2D eigenvalue weighted by Gasteiger charge is 2.53. The van der Waals surface area contributed by atoms with Crippen molar-refractivity contribution in [3.63, 3.8) is 0 Å². The van der Waals surface area contributed by atoms with Crippen molar-refractivity contribution in [1.82, 2.24) is 4.98 Å². The third-order valence-corrected chi connectivity index (χ3v) is 2.92. The number of hydrogen-bond donors (Lipinski definition) is 6. The molecule has 9 nitrogen and oxygen atoms in total. The Labute approximate surface area is 113 Å². The Morgan fingerprint density at radius 2 is 1.90 bits per heavy atom. The summed E-state index contributed by atoms with van der Waals surface area (Å²) >= 11 is 0. The molecule has 1 rings (SSSR count). The van der Waals surface area contributed by atoms with Gasteiger partial charge in [-0.05, 0) is 6.92 Å². The van der Waals surface area contributed by atoms with E-state index >= 15 is 0 Å². The van der Waals surface area contributed by atoms with Crippen LogP contribution in [0.4, 0.5) is 0 Å². The normalized spacial score (nSPS) is 19.1. The van der Waals surface area contributed by atoms with Crippen molar-refractivity contribution in [3.8, 4) is 0 Å². The van der Waals surface area contributed by atoms with Gasteiger partial charge in [-0.25, -0.2) is 9.78 Å². The lowest BCUT2D eigenvalue weighted by molar-refractivity contribution is -0.195. The average Bonchev–Trinajstić information content (AvgIpc) is 2.74. The number of aromatic nitrogens is 1. The molecule has 1 heterocycles. The largest absolute Gasteiger partial charge is 0.479 e. The molecule has 0 aromatic carbocycles. The lowest BCUT2D eigenvalue weighted by atomic mass is 9.86. The molecule has 0 saturated heterocycles. The smallest absolute Gasteiger partial charge is 0.345 e. The third kappa shape index (κ3) is 2.67. The highest BCUT2D eigenvalue weighted by molar-refractivity contribution is 5.79. The quantitative estimate of drug-likeness (QED) is 0.336. The Bertz CT molecular complexity index is 487. The van der Waals surface area contributed by atoms with E-state index < -0.39 is 42.2 Å². The van der Waals surface area contributed by atoms with Crippen LogP contribution in [0.5, 0.6) is 0 Å². The van der Waals surface area contributed by atoms with Crippen LogP contribution in [-0.4, -0.2) is 66.5 Å². The molecule has 20 heavy (non-hydrogen) atoms. The van der Waals surface area contributed by atoms with E-state index in [1.807, 2.05) is 0 Å². The first kappa shape index (κ1) is 16.5. The van der Waals surface area contributed by atoms with Gasteiger partial charge in [-0.1, -0.05) is 0 Å². The SMILES string of the molecule is Cc1nc([C@](O)(C(=O)O)[C@@H](O)[C@H](O)[C@H](O)CO)c(C)o1. The fourth-order valence-electron chi connectivity index (χ4n) is 1.82. The summed E-state index contributed by atoms with van der Waals surface area (Å²) in [6.45, 7) is 1.81. The molecule has 0 unspecified atom stereocenters. The number of rotatable bonds is 6. The first-order valence-corrected chi connectivity index (χ1v) is 5.71. The zero-order valence-electron chi connectivity index (χ0n) is 10.9. The number of nitrogens with zero attached hydrogens (tertiary/aromatic N) is 1. The average molecular weight is 291 g/mol. The van der Waals surface area contributed by atoms with E-state index in [0.717, 1.165) is 0 Å². The van der Waals surface area contributed by atoms with Gasteiger partial charge in [-0.15, -0.1) is 0 Å². The Morgan fingerprint density at radius 3 is 2.25 bits per heavy atom. The summed E-state index contributed by atoms with van der Waals surface area (Å²) in [4.78, 5) is 15.0. The van der Waals surface area contributed by atoms with Gasteiger partial charge >= 0.3 is 5.97 Å².